The molecule has 0 amide bonds. The molecule has 1 aromatic heterocycles. The molecule has 25 heavy (non-hydrogen) atoms. The second kappa shape index (κ2) is 6.93. The van der Waals surface area contributed by atoms with Crippen molar-refractivity contribution in [1.29, 1.82) is 0 Å². The second-order valence-corrected chi connectivity index (χ2v) is 8.90. The van der Waals surface area contributed by atoms with Crippen LogP contribution in [0.25, 0.3) is 11.1 Å². The summed E-state index contributed by atoms with van der Waals surface area (Å²) in [7, 11) is -2.16. The first-order chi connectivity index (χ1) is 11.9. The van der Waals surface area contributed by atoms with Crippen LogP contribution in [0.15, 0.2) is 59.5 Å². The quantitative estimate of drug-likeness (QED) is 0.674. The van der Waals surface area contributed by atoms with E-state index in [1.165, 1.54) is 22.7 Å². The SMILES string of the molecule is CC(C)c1nnc(N(C)S(=O)(=O)c2ccc(-c3ccccc3)cc2)s1. The Labute approximate surface area is 152 Å². The predicted molar refractivity (Wildman–Crippen MR) is 101 cm³/mol. The molecular weight excluding hydrogens is 354 g/mol. The molecule has 5 nitrogen and oxygen atoms in total. The number of hydrogen-bond donors (Lipinski definition) is 0. The summed E-state index contributed by atoms with van der Waals surface area (Å²) in [4.78, 5) is 0.232. The van der Waals surface area contributed by atoms with Crippen LogP contribution in [-0.2, 0) is 10.0 Å². The van der Waals surface area contributed by atoms with Crippen LogP contribution in [0.3, 0.4) is 0 Å². The van der Waals surface area contributed by atoms with E-state index in [4.69, 9.17) is 0 Å². The van der Waals surface area contributed by atoms with Crippen LogP contribution in [0.4, 0.5) is 5.13 Å². The van der Waals surface area contributed by atoms with E-state index >= 15 is 0 Å². The van der Waals surface area contributed by atoms with Gasteiger partial charge < -0.3 is 0 Å². The monoisotopic (exact) mass is 373 g/mol. The number of sulfonamides is 1. The van der Waals surface area contributed by atoms with E-state index in [-0.39, 0.29) is 10.8 Å². The minimum atomic E-state index is -3.66. The Morgan fingerprint density at radius 1 is 0.920 bits per heavy atom. The molecule has 0 unspecified atom stereocenters. The molecule has 0 saturated carbocycles. The highest BCUT2D eigenvalue weighted by atomic mass is 32.2. The number of anilines is 1. The number of benzene rings is 2. The van der Waals surface area contributed by atoms with Gasteiger partial charge in [0.25, 0.3) is 10.0 Å². The fourth-order valence-electron chi connectivity index (χ4n) is 2.30. The van der Waals surface area contributed by atoms with E-state index in [2.05, 4.69) is 10.2 Å². The van der Waals surface area contributed by atoms with Gasteiger partial charge in [-0.05, 0) is 23.3 Å². The van der Waals surface area contributed by atoms with Crippen molar-refractivity contribution >= 4 is 26.5 Å². The van der Waals surface area contributed by atoms with Gasteiger partial charge in [0.05, 0.1) is 4.90 Å². The molecule has 130 valence electrons. The van der Waals surface area contributed by atoms with Gasteiger partial charge in [0.15, 0.2) is 0 Å². The lowest BCUT2D eigenvalue weighted by Gasteiger charge is -2.16. The molecule has 2 aromatic carbocycles. The minimum absolute atomic E-state index is 0.215. The van der Waals surface area contributed by atoms with Crippen LogP contribution in [0, 0.1) is 0 Å². The molecule has 7 heteroatoms. The maximum absolute atomic E-state index is 12.8. The van der Waals surface area contributed by atoms with Gasteiger partial charge in [0.1, 0.15) is 5.01 Å². The van der Waals surface area contributed by atoms with Crippen molar-refractivity contribution in [3.05, 3.63) is 59.6 Å². The maximum Gasteiger partial charge on any atom is 0.265 e. The lowest BCUT2D eigenvalue weighted by Crippen LogP contribution is -2.26. The molecule has 0 fully saturated rings. The van der Waals surface area contributed by atoms with E-state index < -0.39 is 10.0 Å². The number of aromatic nitrogens is 2. The van der Waals surface area contributed by atoms with E-state index in [1.807, 2.05) is 56.3 Å². The van der Waals surface area contributed by atoms with Crippen LogP contribution in [0.1, 0.15) is 24.8 Å². The smallest absolute Gasteiger partial charge is 0.243 e. The Hall–Kier alpha value is -2.25. The maximum atomic E-state index is 12.8. The summed E-state index contributed by atoms with van der Waals surface area (Å²) in [6, 6.07) is 16.7. The lowest BCUT2D eigenvalue weighted by atomic mass is 10.1. The summed E-state index contributed by atoms with van der Waals surface area (Å²) >= 11 is 1.30. The third-order valence-electron chi connectivity index (χ3n) is 3.81. The van der Waals surface area contributed by atoms with E-state index in [0.717, 1.165) is 16.1 Å². The second-order valence-electron chi connectivity index (χ2n) is 5.94. The number of nitrogens with zero attached hydrogens (tertiary/aromatic N) is 3. The van der Waals surface area contributed by atoms with Crippen LogP contribution in [0.5, 0.6) is 0 Å². The zero-order chi connectivity index (χ0) is 18.0. The van der Waals surface area contributed by atoms with Crippen molar-refractivity contribution in [3.8, 4) is 11.1 Å². The fraction of sp³-hybridized carbons (Fsp3) is 0.222. The van der Waals surface area contributed by atoms with Crippen molar-refractivity contribution in [2.24, 2.45) is 0 Å². The summed E-state index contributed by atoms with van der Waals surface area (Å²) in [6.45, 7) is 4.00. The summed E-state index contributed by atoms with van der Waals surface area (Å²) in [5, 5.41) is 9.26. The standard InChI is InChI=1S/C18H19N3O2S2/c1-13(2)17-19-20-18(24-17)21(3)25(22,23)16-11-9-15(10-12-16)14-7-5-4-6-8-14/h4-13H,1-3H3. The normalized spacial score (nSPS) is 11.7. The van der Waals surface area contributed by atoms with E-state index in [1.54, 1.807) is 12.1 Å². The molecule has 0 spiro atoms. The largest absolute Gasteiger partial charge is 0.265 e. The molecule has 1 heterocycles. The van der Waals surface area contributed by atoms with E-state index in [9.17, 15) is 8.42 Å². The highest BCUT2D eigenvalue weighted by Gasteiger charge is 2.24. The molecule has 0 aliphatic heterocycles. The van der Waals surface area contributed by atoms with Crippen molar-refractivity contribution in [2.75, 3.05) is 11.4 Å². The van der Waals surface area contributed by atoms with Gasteiger partial charge in [-0.3, -0.25) is 0 Å². The molecule has 0 aliphatic rings. The topological polar surface area (TPSA) is 63.2 Å². The molecule has 0 radical (unpaired) electrons. The molecule has 0 bridgehead atoms. The Balaban J connectivity index is 1.88. The molecule has 0 saturated heterocycles. The van der Waals surface area contributed by atoms with Gasteiger partial charge in [0.2, 0.25) is 5.13 Å². The molecule has 0 N–H and O–H groups in total. The van der Waals surface area contributed by atoms with Gasteiger partial charge in [0, 0.05) is 13.0 Å². The predicted octanol–water partition coefficient (Wildman–Crippen LogP) is 4.15. The lowest BCUT2D eigenvalue weighted by molar-refractivity contribution is 0.594. The van der Waals surface area contributed by atoms with Gasteiger partial charge in [-0.15, -0.1) is 10.2 Å². The zero-order valence-electron chi connectivity index (χ0n) is 14.2. The minimum Gasteiger partial charge on any atom is -0.243 e. The van der Waals surface area contributed by atoms with Gasteiger partial charge >= 0.3 is 0 Å². The first-order valence-electron chi connectivity index (χ1n) is 7.87. The van der Waals surface area contributed by atoms with Crippen molar-refractivity contribution in [1.82, 2.24) is 10.2 Å². The Morgan fingerprint density at radius 2 is 1.52 bits per heavy atom. The first-order valence-corrected chi connectivity index (χ1v) is 10.1. The van der Waals surface area contributed by atoms with Crippen molar-refractivity contribution in [2.45, 2.75) is 24.7 Å². The highest BCUT2D eigenvalue weighted by molar-refractivity contribution is 7.93. The van der Waals surface area contributed by atoms with Gasteiger partial charge in [-0.1, -0.05) is 67.6 Å². The first kappa shape index (κ1) is 17.6. The molecular formula is C18H19N3O2S2. The Bertz CT molecular complexity index is 950. The fourth-order valence-corrected chi connectivity index (χ4v) is 4.46. The molecule has 3 rings (SSSR count). The van der Waals surface area contributed by atoms with Crippen LogP contribution >= 0.6 is 11.3 Å². The van der Waals surface area contributed by atoms with Crippen LogP contribution in [-0.4, -0.2) is 25.7 Å². The van der Waals surface area contributed by atoms with Gasteiger partial charge in [-0.25, -0.2) is 12.7 Å². The Morgan fingerprint density at radius 3 is 2.08 bits per heavy atom. The van der Waals surface area contributed by atoms with Crippen molar-refractivity contribution in [3.63, 3.8) is 0 Å². The summed E-state index contributed by atoms with van der Waals surface area (Å²) in [6.07, 6.45) is 0. The summed E-state index contributed by atoms with van der Waals surface area (Å²) in [5.74, 6) is 0.215. The molecule has 3 aromatic rings. The van der Waals surface area contributed by atoms with Gasteiger partial charge in [-0.2, -0.15) is 0 Å². The number of hydrogen-bond acceptors (Lipinski definition) is 5. The molecule has 0 atom stereocenters. The van der Waals surface area contributed by atoms with E-state index in [0.29, 0.717) is 5.13 Å². The molecule has 0 aliphatic carbocycles. The number of rotatable bonds is 5. The summed E-state index contributed by atoms with van der Waals surface area (Å²) < 4.78 is 26.8. The van der Waals surface area contributed by atoms with Crippen LogP contribution < -0.4 is 4.31 Å². The van der Waals surface area contributed by atoms with Crippen LogP contribution in [0.2, 0.25) is 0 Å². The third kappa shape index (κ3) is 3.57. The highest BCUT2D eigenvalue weighted by Crippen LogP contribution is 2.29. The third-order valence-corrected chi connectivity index (χ3v) is 6.99. The Kier molecular flexibility index (Phi) is 4.87. The summed E-state index contributed by atoms with van der Waals surface area (Å²) in [5.41, 5.74) is 2.02. The zero-order valence-corrected chi connectivity index (χ0v) is 15.9. The van der Waals surface area contributed by atoms with Crippen molar-refractivity contribution < 1.29 is 8.42 Å². The average Bonchev–Trinajstić information content (AvgIpc) is 3.12. The average molecular weight is 374 g/mol.